The molecule has 0 amide bonds. The molecule has 1 heterocycles. The zero-order chi connectivity index (χ0) is 17.9. The van der Waals surface area contributed by atoms with Crippen molar-refractivity contribution in [3.05, 3.63) is 11.5 Å². The van der Waals surface area contributed by atoms with Gasteiger partial charge in [0.2, 0.25) is 0 Å². The zero-order valence-electron chi connectivity index (χ0n) is 14.9. The van der Waals surface area contributed by atoms with Crippen LogP contribution in [0.1, 0.15) is 60.8 Å². The third-order valence-electron chi connectivity index (χ3n) is 4.29. The van der Waals surface area contributed by atoms with Gasteiger partial charge in [-0.05, 0) is 52.6 Å². The lowest BCUT2D eigenvalue weighted by atomic mass is 9.74. The first-order valence-electron chi connectivity index (χ1n) is 8.09. The van der Waals surface area contributed by atoms with Gasteiger partial charge in [-0.3, -0.25) is 0 Å². The van der Waals surface area contributed by atoms with Crippen molar-refractivity contribution in [1.29, 1.82) is 0 Å². The number of carbonyl (C=O) groups excluding carboxylic acids is 1. The fourth-order valence-electron chi connectivity index (χ4n) is 2.15. The molecule has 1 aliphatic rings. The normalized spacial score (nSPS) is 20.7. The molecule has 0 saturated carbocycles. The van der Waals surface area contributed by atoms with E-state index in [0.717, 1.165) is 6.42 Å². The molecule has 0 aromatic heterocycles. The first-order chi connectivity index (χ1) is 10.5. The Hall–Kier alpha value is -0.945. The van der Waals surface area contributed by atoms with Crippen LogP contribution in [0.4, 0.5) is 8.78 Å². The molecular weight excluding hydrogens is 305 g/mol. The van der Waals surface area contributed by atoms with E-state index in [-0.39, 0.29) is 12.1 Å². The molecule has 0 aromatic rings. The summed E-state index contributed by atoms with van der Waals surface area (Å²) in [6.07, 6.45) is 2.56. The number of alkyl halides is 2. The van der Waals surface area contributed by atoms with Gasteiger partial charge in [0.25, 0.3) is 0 Å². The largest absolute Gasteiger partial charge is 0.490 e. The summed E-state index contributed by atoms with van der Waals surface area (Å²) in [4.78, 5) is 11.4. The Kier molecular flexibility index (Phi) is 6.38. The smallest absolute Gasteiger partial charge is 0.461 e. The van der Waals surface area contributed by atoms with Crippen LogP contribution >= 0.6 is 0 Å². The van der Waals surface area contributed by atoms with Gasteiger partial charge < -0.3 is 14.0 Å². The molecule has 1 saturated heterocycles. The van der Waals surface area contributed by atoms with E-state index >= 15 is 0 Å². The molecule has 0 spiro atoms. The molecule has 7 heteroatoms. The number of rotatable bonds is 7. The van der Waals surface area contributed by atoms with Crippen molar-refractivity contribution in [2.75, 3.05) is 6.61 Å². The highest BCUT2D eigenvalue weighted by Gasteiger charge is 2.53. The van der Waals surface area contributed by atoms with E-state index in [1.807, 2.05) is 34.6 Å². The Balaban J connectivity index is 3.06. The summed E-state index contributed by atoms with van der Waals surface area (Å²) in [5, 5.41) is 0. The molecule has 0 unspecified atom stereocenters. The fourth-order valence-corrected chi connectivity index (χ4v) is 2.15. The lowest BCUT2D eigenvalue weighted by Crippen LogP contribution is -2.41. The Labute approximate surface area is 137 Å². The summed E-state index contributed by atoms with van der Waals surface area (Å²) in [5.41, 5.74) is -0.965. The van der Waals surface area contributed by atoms with Gasteiger partial charge in [0.1, 0.15) is 0 Å². The van der Waals surface area contributed by atoms with Gasteiger partial charge in [-0.2, -0.15) is 8.78 Å². The molecule has 4 nitrogen and oxygen atoms in total. The highest BCUT2D eigenvalue weighted by atomic mass is 19.3. The van der Waals surface area contributed by atoms with Crippen molar-refractivity contribution < 1.29 is 27.6 Å². The Bertz CT molecular complexity index is 445. The second-order valence-corrected chi connectivity index (χ2v) is 6.75. The van der Waals surface area contributed by atoms with Gasteiger partial charge in [-0.15, -0.1) is 0 Å². The maximum Gasteiger partial charge on any atom is 0.490 e. The van der Waals surface area contributed by atoms with Crippen LogP contribution in [0.2, 0.25) is 0 Å². The van der Waals surface area contributed by atoms with Crippen LogP contribution in [0, 0.1) is 0 Å². The number of allylic oxidation sites excluding steroid dienone is 1. The minimum Gasteiger partial charge on any atom is -0.461 e. The molecule has 0 aliphatic carbocycles. The van der Waals surface area contributed by atoms with Gasteiger partial charge in [0.15, 0.2) is 0 Å². The second-order valence-electron chi connectivity index (χ2n) is 6.75. The topological polar surface area (TPSA) is 44.8 Å². The quantitative estimate of drug-likeness (QED) is 0.523. The van der Waals surface area contributed by atoms with Crippen LogP contribution in [0.15, 0.2) is 11.5 Å². The second kappa shape index (κ2) is 7.30. The van der Waals surface area contributed by atoms with Crippen LogP contribution in [-0.2, 0) is 18.8 Å². The van der Waals surface area contributed by atoms with Gasteiger partial charge in [-0.25, -0.2) is 4.79 Å². The zero-order valence-corrected chi connectivity index (χ0v) is 14.9. The van der Waals surface area contributed by atoms with Crippen molar-refractivity contribution in [2.24, 2.45) is 0 Å². The summed E-state index contributed by atoms with van der Waals surface area (Å²) in [6.45, 7) is 10.8. The lowest BCUT2D eigenvalue weighted by Gasteiger charge is -2.32. The van der Waals surface area contributed by atoms with Gasteiger partial charge in [0.05, 0.1) is 17.8 Å². The molecule has 0 atom stereocenters. The minimum absolute atomic E-state index is 0.0942. The maximum atomic E-state index is 14.1. The summed E-state index contributed by atoms with van der Waals surface area (Å²) in [6, 6.07) is 0. The number of unbranched alkanes of at least 4 members (excludes halogenated alkanes) is 1. The van der Waals surface area contributed by atoms with Crippen molar-refractivity contribution >= 4 is 13.1 Å². The molecule has 1 fully saturated rings. The maximum absolute atomic E-state index is 14.1. The number of halogens is 2. The minimum atomic E-state index is -3.69. The SMILES string of the molecule is CCCC/C(=C\C(F)(F)C(=O)OCC)B1OC(C)(C)C(C)(C)O1. The highest BCUT2D eigenvalue weighted by Crippen LogP contribution is 2.40. The third-order valence-corrected chi connectivity index (χ3v) is 4.29. The predicted molar refractivity (Wildman–Crippen MR) is 85.3 cm³/mol. The van der Waals surface area contributed by atoms with Crippen LogP contribution < -0.4 is 0 Å². The monoisotopic (exact) mass is 332 g/mol. The standard InChI is InChI=1S/C16H27BF2O4/c1-7-9-10-12(11-16(18,19)13(20)21-8-2)17-22-14(3,4)15(5,6)23-17/h11H,7-10H2,1-6H3/b12-11+. The lowest BCUT2D eigenvalue weighted by molar-refractivity contribution is -0.164. The average molecular weight is 332 g/mol. The molecule has 1 rings (SSSR count). The summed E-state index contributed by atoms with van der Waals surface area (Å²) < 4.78 is 44.2. The molecule has 132 valence electrons. The molecule has 23 heavy (non-hydrogen) atoms. The molecular formula is C16H27BF2O4. The van der Waals surface area contributed by atoms with E-state index in [4.69, 9.17) is 9.31 Å². The van der Waals surface area contributed by atoms with Crippen molar-refractivity contribution in [2.45, 2.75) is 77.9 Å². The number of hydrogen-bond acceptors (Lipinski definition) is 4. The first kappa shape index (κ1) is 20.1. The van der Waals surface area contributed by atoms with E-state index in [9.17, 15) is 13.6 Å². The molecule has 1 aliphatic heterocycles. The van der Waals surface area contributed by atoms with Gasteiger partial charge in [-0.1, -0.05) is 19.8 Å². The van der Waals surface area contributed by atoms with Gasteiger partial charge >= 0.3 is 19.0 Å². The van der Waals surface area contributed by atoms with Crippen molar-refractivity contribution in [3.8, 4) is 0 Å². The first-order valence-corrected chi connectivity index (χ1v) is 8.09. The van der Waals surface area contributed by atoms with E-state index in [1.165, 1.54) is 6.92 Å². The highest BCUT2D eigenvalue weighted by molar-refractivity contribution is 6.54. The van der Waals surface area contributed by atoms with Crippen molar-refractivity contribution in [3.63, 3.8) is 0 Å². The summed E-state index contributed by atoms with van der Waals surface area (Å²) in [5.74, 6) is -5.24. The Morgan fingerprint density at radius 1 is 1.17 bits per heavy atom. The third kappa shape index (κ3) is 4.76. The van der Waals surface area contributed by atoms with Gasteiger partial charge in [0, 0.05) is 0 Å². The van der Waals surface area contributed by atoms with Crippen molar-refractivity contribution in [1.82, 2.24) is 0 Å². The average Bonchev–Trinajstić information content (AvgIpc) is 2.63. The Morgan fingerprint density at radius 3 is 2.13 bits per heavy atom. The Morgan fingerprint density at radius 2 is 1.70 bits per heavy atom. The number of ether oxygens (including phenoxy) is 1. The predicted octanol–water partition coefficient (Wildman–Crippen LogP) is 3.93. The van der Waals surface area contributed by atoms with E-state index < -0.39 is 30.2 Å². The van der Waals surface area contributed by atoms with Crippen LogP contribution in [-0.4, -0.2) is 36.8 Å². The van der Waals surface area contributed by atoms with E-state index in [2.05, 4.69) is 4.74 Å². The fraction of sp³-hybridized carbons (Fsp3) is 0.812. The van der Waals surface area contributed by atoms with E-state index in [1.54, 1.807) is 0 Å². The van der Waals surface area contributed by atoms with Crippen LogP contribution in [0.25, 0.3) is 0 Å². The summed E-state index contributed by atoms with van der Waals surface area (Å²) in [7, 11) is -0.883. The number of hydrogen-bond donors (Lipinski definition) is 0. The van der Waals surface area contributed by atoms with Crippen LogP contribution in [0.5, 0.6) is 0 Å². The van der Waals surface area contributed by atoms with E-state index in [0.29, 0.717) is 18.9 Å². The molecule has 0 radical (unpaired) electrons. The summed E-state index contributed by atoms with van der Waals surface area (Å²) >= 11 is 0. The molecule has 0 bridgehead atoms. The van der Waals surface area contributed by atoms with Crippen LogP contribution in [0.3, 0.4) is 0 Å². The molecule has 0 aromatic carbocycles. The number of carbonyl (C=O) groups is 1. The number of esters is 1. The molecule has 0 N–H and O–H groups in total.